The van der Waals surface area contributed by atoms with Crippen molar-refractivity contribution in [2.45, 2.75) is 64.3 Å². The molecule has 0 heterocycles. The van der Waals surface area contributed by atoms with E-state index in [0.29, 0.717) is 6.54 Å². The van der Waals surface area contributed by atoms with Crippen molar-refractivity contribution in [1.82, 2.24) is 0 Å². The number of rotatable bonds is 13. The molecule has 0 fully saturated rings. The summed E-state index contributed by atoms with van der Waals surface area (Å²) in [6.45, 7) is 5.15. The Bertz CT molecular complexity index is 1920. The minimum atomic E-state index is 0.618. The van der Waals surface area contributed by atoms with Crippen LogP contribution in [-0.4, -0.2) is 5.71 Å². The lowest BCUT2D eigenvalue weighted by Crippen LogP contribution is -2.19. The molecule has 258 valence electrons. The molecule has 2 nitrogen and oxygen atoms in total. The van der Waals surface area contributed by atoms with E-state index < -0.39 is 0 Å². The van der Waals surface area contributed by atoms with E-state index in [1.54, 1.807) is 5.57 Å². The zero-order valence-corrected chi connectivity index (χ0v) is 30.0. The highest BCUT2D eigenvalue weighted by atomic mass is 14.7. The van der Waals surface area contributed by atoms with Gasteiger partial charge in [0.15, 0.2) is 0 Å². The number of hydrogen-bond acceptors (Lipinski definition) is 2. The average Bonchev–Trinajstić information content (AvgIpc) is 3.19. The lowest BCUT2D eigenvalue weighted by Gasteiger charge is -2.31. The number of fused-ring (bicyclic) bond motifs is 1. The van der Waals surface area contributed by atoms with Crippen LogP contribution in [0, 0.1) is 11.8 Å². The first-order chi connectivity index (χ1) is 25.2. The van der Waals surface area contributed by atoms with E-state index in [-0.39, 0.29) is 0 Å². The normalized spacial score (nSPS) is 19.5. The average molecular weight is 669 g/mol. The van der Waals surface area contributed by atoms with E-state index >= 15 is 0 Å². The second-order valence-corrected chi connectivity index (χ2v) is 13.7. The lowest BCUT2D eigenvalue weighted by atomic mass is 9.74. The topological polar surface area (TPSA) is 38.4 Å². The smallest absolute Gasteiger partial charge is 0.0656 e. The molecule has 3 aliphatic rings. The first-order valence-corrected chi connectivity index (χ1v) is 18.8. The van der Waals surface area contributed by atoms with Crippen molar-refractivity contribution in [3.8, 4) is 11.1 Å². The molecule has 0 saturated carbocycles. The van der Waals surface area contributed by atoms with Crippen molar-refractivity contribution in [3.05, 3.63) is 192 Å². The SMILES string of the molecule is C=C(/C=C\C=C/CC1=CCCCC1C1C=CCCC1)c1ccccc1-c1ccc(C(/C=C/C=C\C=C/N)=N/Cc2ccccc2)c2c1CCC=C2. The fourth-order valence-electron chi connectivity index (χ4n) is 7.76. The molecular weight excluding hydrogens is 617 g/mol. The predicted octanol–water partition coefficient (Wildman–Crippen LogP) is 12.5. The molecule has 0 amide bonds. The first-order valence-electron chi connectivity index (χ1n) is 18.8. The van der Waals surface area contributed by atoms with Crippen molar-refractivity contribution in [1.29, 1.82) is 0 Å². The molecule has 3 aromatic rings. The van der Waals surface area contributed by atoms with E-state index in [2.05, 4.69) is 128 Å². The highest BCUT2D eigenvalue weighted by molar-refractivity contribution is 6.12. The van der Waals surface area contributed by atoms with E-state index in [1.165, 1.54) is 78.1 Å². The van der Waals surface area contributed by atoms with Crippen LogP contribution in [0.3, 0.4) is 0 Å². The minimum Gasteiger partial charge on any atom is -0.405 e. The second kappa shape index (κ2) is 18.7. The molecule has 0 bridgehead atoms. The summed E-state index contributed by atoms with van der Waals surface area (Å²) < 4.78 is 0. The lowest BCUT2D eigenvalue weighted by molar-refractivity contribution is 0.359. The highest BCUT2D eigenvalue weighted by Crippen LogP contribution is 2.39. The summed E-state index contributed by atoms with van der Waals surface area (Å²) in [6.07, 6.45) is 43.2. The Labute approximate surface area is 306 Å². The Morgan fingerprint density at radius 1 is 0.765 bits per heavy atom. The second-order valence-electron chi connectivity index (χ2n) is 13.7. The molecule has 3 aliphatic carbocycles. The number of hydrogen-bond donors (Lipinski definition) is 1. The van der Waals surface area contributed by atoms with Crippen LogP contribution in [0.4, 0.5) is 0 Å². The Morgan fingerprint density at radius 2 is 1.59 bits per heavy atom. The quantitative estimate of drug-likeness (QED) is 0.110. The van der Waals surface area contributed by atoms with Crippen molar-refractivity contribution in [2.24, 2.45) is 22.6 Å². The molecule has 0 aromatic heterocycles. The van der Waals surface area contributed by atoms with Crippen LogP contribution in [0.15, 0.2) is 169 Å². The summed E-state index contributed by atoms with van der Waals surface area (Å²) in [5.41, 5.74) is 17.8. The summed E-state index contributed by atoms with van der Waals surface area (Å²) in [4.78, 5) is 5.13. The maximum Gasteiger partial charge on any atom is 0.0656 e. The zero-order chi connectivity index (χ0) is 35.1. The maximum atomic E-state index is 5.53. The third kappa shape index (κ3) is 9.52. The van der Waals surface area contributed by atoms with Gasteiger partial charge in [-0.2, -0.15) is 0 Å². The summed E-state index contributed by atoms with van der Waals surface area (Å²) in [5.74, 6) is 1.45. The first kappa shape index (κ1) is 35.6. The number of nitrogens with zero attached hydrogens (tertiary/aromatic N) is 1. The molecular formula is C49H52N2. The Balaban J connectivity index is 1.24. The molecule has 2 N–H and O–H groups in total. The molecule has 2 heteroatoms. The molecule has 51 heavy (non-hydrogen) atoms. The molecule has 0 spiro atoms. The van der Waals surface area contributed by atoms with Crippen LogP contribution < -0.4 is 5.73 Å². The van der Waals surface area contributed by atoms with Gasteiger partial charge in [0.2, 0.25) is 0 Å². The minimum absolute atomic E-state index is 0.618. The largest absolute Gasteiger partial charge is 0.405 e. The number of benzene rings is 3. The summed E-state index contributed by atoms with van der Waals surface area (Å²) in [6, 6.07) is 23.7. The van der Waals surface area contributed by atoms with Gasteiger partial charge < -0.3 is 5.73 Å². The van der Waals surface area contributed by atoms with Gasteiger partial charge in [-0.25, -0.2) is 0 Å². The molecule has 2 atom stereocenters. The molecule has 0 radical (unpaired) electrons. The van der Waals surface area contributed by atoms with Gasteiger partial charge in [0.1, 0.15) is 0 Å². The monoisotopic (exact) mass is 668 g/mol. The predicted molar refractivity (Wildman–Crippen MR) is 221 cm³/mol. The van der Waals surface area contributed by atoms with Gasteiger partial charge in [0, 0.05) is 5.56 Å². The van der Waals surface area contributed by atoms with Crippen molar-refractivity contribution >= 4 is 17.4 Å². The molecule has 3 aromatic carbocycles. The zero-order valence-electron chi connectivity index (χ0n) is 30.0. The molecule has 6 rings (SSSR count). The van der Waals surface area contributed by atoms with Gasteiger partial charge in [-0.05, 0) is 127 Å². The number of aliphatic imine (C=N–C) groups is 1. The fraction of sp³-hybridized carbons (Fsp3) is 0.245. The van der Waals surface area contributed by atoms with Gasteiger partial charge in [-0.15, -0.1) is 0 Å². The van der Waals surface area contributed by atoms with Crippen LogP contribution in [-0.2, 0) is 13.0 Å². The van der Waals surface area contributed by atoms with Gasteiger partial charge in [-0.3, -0.25) is 4.99 Å². The number of nitrogens with two attached hydrogens (primary N) is 1. The molecule has 0 aliphatic heterocycles. The van der Waals surface area contributed by atoms with Crippen LogP contribution in [0.5, 0.6) is 0 Å². The Kier molecular flexibility index (Phi) is 13.0. The van der Waals surface area contributed by atoms with Gasteiger partial charge in [0.25, 0.3) is 0 Å². The van der Waals surface area contributed by atoms with E-state index in [4.69, 9.17) is 10.7 Å². The van der Waals surface area contributed by atoms with Crippen LogP contribution in [0.2, 0.25) is 0 Å². The third-order valence-corrected chi connectivity index (χ3v) is 10.3. The van der Waals surface area contributed by atoms with Crippen molar-refractivity contribution in [3.63, 3.8) is 0 Å². The summed E-state index contributed by atoms with van der Waals surface area (Å²) in [7, 11) is 0. The third-order valence-electron chi connectivity index (χ3n) is 10.3. The summed E-state index contributed by atoms with van der Waals surface area (Å²) in [5, 5.41) is 0. The Hall–Kier alpha value is -5.21. The molecule has 0 saturated heterocycles. The van der Waals surface area contributed by atoms with E-state index in [0.717, 1.165) is 47.9 Å². The molecule has 2 unspecified atom stereocenters. The highest BCUT2D eigenvalue weighted by Gasteiger charge is 2.25. The Morgan fingerprint density at radius 3 is 2.45 bits per heavy atom. The van der Waals surface area contributed by atoms with Gasteiger partial charge >= 0.3 is 0 Å². The van der Waals surface area contributed by atoms with Crippen molar-refractivity contribution < 1.29 is 0 Å². The van der Waals surface area contributed by atoms with Gasteiger partial charge in [-0.1, -0.05) is 152 Å². The standard InChI is InChI=1S/C49H52N2/c1-38(21-7-4-10-24-41-27-14-15-29-43(41)40-25-11-6-12-26-40)42-28-16-17-30-44(42)47-34-35-48(46-32-19-18-31-45(46)47)49(33-13-2-3-20-36-50)51-37-39-22-8-5-9-23-39/h2-5,7-11,13,16-17,19-23,25,27-28,30,32-36,40,43H,1,6,12,14-15,18,24,26,29,31,37,50H2/b3-2-,10-4-,21-7-,33-13+,36-20-,51-49+. The maximum absolute atomic E-state index is 5.53. The van der Waals surface area contributed by atoms with Crippen LogP contribution in [0.25, 0.3) is 22.8 Å². The van der Waals surface area contributed by atoms with Crippen LogP contribution >= 0.6 is 0 Å². The van der Waals surface area contributed by atoms with E-state index in [9.17, 15) is 0 Å². The number of allylic oxidation sites excluding steroid dienone is 15. The van der Waals surface area contributed by atoms with Crippen LogP contribution in [0.1, 0.15) is 79.2 Å². The van der Waals surface area contributed by atoms with Gasteiger partial charge in [0.05, 0.1) is 12.3 Å². The fourth-order valence-corrected chi connectivity index (χ4v) is 7.76. The van der Waals surface area contributed by atoms with E-state index in [1.807, 2.05) is 30.4 Å². The summed E-state index contributed by atoms with van der Waals surface area (Å²) >= 11 is 0. The van der Waals surface area contributed by atoms with Crippen molar-refractivity contribution in [2.75, 3.05) is 0 Å².